The first-order chi connectivity index (χ1) is 12.9. The highest BCUT2D eigenvalue weighted by atomic mass is 79.9. The summed E-state index contributed by atoms with van der Waals surface area (Å²) >= 11 is 17.2. The molecule has 0 N–H and O–H groups in total. The van der Waals surface area contributed by atoms with Crippen molar-refractivity contribution in [1.82, 2.24) is 0 Å². The summed E-state index contributed by atoms with van der Waals surface area (Å²) in [6, 6.07) is -0.0439. The molecule has 1 atom stereocenters. The largest absolute Gasteiger partial charge is 0.457 e. The lowest BCUT2D eigenvalue weighted by molar-refractivity contribution is -0.389. The zero-order chi connectivity index (χ0) is 24.1. The maximum absolute atomic E-state index is 14.9. The molecule has 0 saturated heterocycles. The summed E-state index contributed by atoms with van der Waals surface area (Å²) in [7, 11) is 0. The van der Waals surface area contributed by atoms with Crippen molar-refractivity contribution < 1.29 is 52.7 Å². The summed E-state index contributed by atoms with van der Waals surface area (Å²) in [5, 5.41) is 0. The second kappa shape index (κ2) is 8.45. The number of thioether (sulfide) groups is 1. The Labute approximate surface area is 187 Å². The van der Waals surface area contributed by atoms with Crippen LogP contribution in [0, 0.1) is 0 Å². The summed E-state index contributed by atoms with van der Waals surface area (Å²) in [4.78, 5) is -1.33. The number of rotatable bonds is 4. The van der Waals surface area contributed by atoms with Crippen molar-refractivity contribution in [2.45, 2.75) is 44.6 Å². The summed E-state index contributed by atoms with van der Waals surface area (Å²) in [5.74, 6) is -7.12. The first-order valence-electron chi connectivity index (χ1n) is 6.79. The van der Waals surface area contributed by atoms with Crippen LogP contribution in [0.5, 0.6) is 0 Å². The van der Waals surface area contributed by atoms with Gasteiger partial charge in [0.1, 0.15) is 0 Å². The van der Waals surface area contributed by atoms with Gasteiger partial charge in [-0.15, -0.1) is 0 Å². The summed E-state index contributed by atoms with van der Waals surface area (Å²) in [6.07, 6.45) is -15.4. The monoisotopic (exact) mass is 604 g/mol. The van der Waals surface area contributed by atoms with Gasteiger partial charge in [-0.2, -0.15) is 48.3 Å². The molecule has 0 aliphatic heterocycles. The standard InChI is InChI=1S/C13H4BrCl3F12S/c14-7-2-4(30-13(27,28)29)1-6(5(7)3-8(15,16)17)9(18,11(21,22)23)10(19,20)12(24,25)26/h1-2H,3H2. The van der Waals surface area contributed by atoms with E-state index in [0.717, 1.165) is 0 Å². The van der Waals surface area contributed by atoms with E-state index in [1.54, 1.807) is 0 Å². The summed E-state index contributed by atoms with van der Waals surface area (Å²) < 4.78 is 155. The van der Waals surface area contributed by atoms with Gasteiger partial charge in [0, 0.05) is 21.4 Å². The van der Waals surface area contributed by atoms with Gasteiger partial charge in [0.05, 0.1) is 0 Å². The van der Waals surface area contributed by atoms with Crippen LogP contribution in [0.25, 0.3) is 0 Å². The minimum Gasteiger partial charge on any atom is -0.221 e. The van der Waals surface area contributed by atoms with Crippen LogP contribution in [0.1, 0.15) is 11.1 Å². The molecule has 0 amide bonds. The van der Waals surface area contributed by atoms with Gasteiger partial charge < -0.3 is 0 Å². The maximum Gasteiger partial charge on any atom is 0.457 e. The third-order valence-electron chi connectivity index (χ3n) is 3.33. The molecule has 1 unspecified atom stereocenters. The van der Waals surface area contributed by atoms with E-state index in [0.29, 0.717) is 6.07 Å². The highest BCUT2D eigenvalue weighted by Gasteiger charge is 2.82. The zero-order valence-electron chi connectivity index (χ0n) is 13.3. The number of halogens is 16. The molecule has 0 heterocycles. The summed E-state index contributed by atoms with van der Waals surface area (Å²) in [6.45, 7) is 0. The Morgan fingerprint density at radius 1 is 0.767 bits per heavy atom. The van der Waals surface area contributed by atoms with Crippen molar-refractivity contribution in [3.05, 3.63) is 27.7 Å². The lowest BCUT2D eigenvalue weighted by Gasteiger charge is -2.38. The van der Waals surface area contributed by atoms with E-state index in [9.17, 15) is 52.7 Å². The Kier molecular flexibility index (Phi) is 7.92. The first kappa shape index (κ1) is 28.1. The van der Waals surface area contributed by atoms with Crippen LogP contribution < -0.4 is 0 Å². The van der Waals surface area contributed by atoms with Crippen LogP contribution in [-0.4, -0.2) is 27.6 Å². The molecule has 0 aliphatic carbocycles. The third kappa shape index (κ3) is 5.90. The predicted molar refractivity (Wildman–Crippen MR) is 89.9 cm³/mol. The normalized spacial score (nSPS) is 16.5. The van der Waals surface area contributed by atoms with Crippen LogP contribution in [0.15, 0.2) is 21.5 Å². The van der Waals surface area contributed by atoms with E-state index in [-0.39, 0.29) is 0 Å². The Morgan fingerprint density at radius 2 is 1.23 bits per heavy atom. The zero-order valence-corrected chi connectivity index (χ0v) is 18.0. The molecule has 0 spiro atoms. The molecule has 17 heteroatoms. The number of hydrogen-bond acceptors (Lipinski definition) is 1. The molecule has 0 aliphatic rings. The molecule has 0 fully saturated rings. The van der Waals surface area contributed by atoms with E-state index in [1.807, 2.05) is 0 Å². The molecule has 1 rings (SSSR count). The average Bonchev–Trinajstić information content (AvgIpc) is 2.43. The SMILES string of the molecule is FC(F)(F)Sc1cc(Br)c(CC(Cl)(Cl)Cl)c(C(F)(C(F)(F)F)C(F)(F)C(F)(F)F)c1. The number of benzene rings is 1. The van der Waals surface area contributed by atoms with E-state index in [1.165, 1.54) is 0 Å². The Bertz CT molecular complexity index is 784. The van der Waals surface area contributed by atoms with Gasteiger partial charge in [-0.25, -0.2) is 4.39 Å². The van der Waals surface area contributed by atoms with E-state index in [4.69, 9.17) is 34.8 Å². The average molecular weight is 606 g/mol. The molecule has 1 aromatic rings. The molecule has 0 bridgehead atoms. The fraction of sp³-hybridized carbons (Fsp3) is 0.538. The molecule has 0 saturated carbocycles. The Hall–Kier alpha value is 0.0800. The first-order valence-corrected chi connectivity index (χ1v) is 9.54. The Balaban J connectivity index is 4.06. The van der Waals surface area contributed by atoms with Gasteiger partial charge in [0.2, 0.25) is 0 Å². The molecular formula is C13H4BrCl3F12S. The van der Waals surface area contributed by atoms with E-state index in [2.05, 4.69) is 15.9 Å². The third-order valence-corrected chi connectivity index (χ3v) is 5.14. The molecule has 30 heavy (non-hydrogen) atoms. The van der Waals surface area contributed by atoms with Gasteiger partial charge in [-0.05, 0) is 29.5 Å². The van der Waals surface area contributed by atoms with Crippen molar-refractivity contribution in [3.63, 3.8) is 0 Å². The smallest absolute Gasteiger partial charge is 0.221 e. The topological polar surface area (TPSA) is 0 Å². The fourth-order valence-electron chi connectivity index (χ4n) is 2.19. The van der Waals surface area contributed by atoms with Gasteiger partial charge >= 0.3 is 29.5 Å². The van der Waals surface area contributed by atoms with Gasteiger partial charge in [-0.3, -0.25) is 0 Å². The number of alkyl halides is 15. The molecule has 0 nitrogen and oxygen atoms in total. The van der Waals surface area contributed by atoms with Gasteiger partial charge in [-0.1, -0.05) is 50.7 Å². The van der Waals surface area contributed by atoms with Crippen molar-refractivity contribution in [1.29, 1.82) is 0 Å². The molecule has 0 aromatic heterocycles. The maximum atomic E-state index is 14.9. The van der Waals surface area contributed by atoms with E-state index < -0.39 is 78.0 Å². The molecular weight excluding hydrogens is 602 g/mol. The van der Waals surface area contributed by atoms with Gasteiger partial charge in [0.25, 0.3) is 0 Å². The van der Waals surface area contributed by atoms with Crippen molar-refractivity contribution in [3.8, 4) is 0 Å². The van der Waals surface area contributed by atoms with Crippen molar-refractivity contribution >= 4 is 62.5 Å². The highest BCUT2D eigenvalue weighted by molar-refractivity contribution is 9.10. The lowest BCUT2D eigenvalue weighted by atomic mass is 9.84. The van der Waals surface area contributed by atoms with Crippen LogP contribution in [0.2, 0.25) is 0 Å². The second-order valence-corrected chi connectivity index (χ2v) is 10.0. The fourth-order valence-corrected chi connectivity index (χ4v) is 3.96. The highest BCUT2D eigenvalue weighted by Crippen LogP contribution is 2.60. The second-order valence-electron chi connectivity index (χ2n) is 5.50. The molecule has 174 valence electrons. The predicted octanol–water partition coefficient (Wildman–Crippen LogP) is 8.90. The van der Waals surface area contributed by atoms with Crippen molar-refractivity contribution in [2.75, 3.05) is 0 Å². The molecule has 1 aromatic carbocycles. The van der Waals surface area contributed by atoms with Crippen LogP contribution in [0.3, 0.4) is 0 Å². The van der Waals surface area contributed by atoms with Crippen LogP contribution in [0.4, 0.5) is 52.7 Å². The Morgan fingerprint density at radius 3 is 1.57 bits per heavy atom. The minimum absolute atomic E-state index is 0.399. The van der Waals surface area contributed by atoms with Crippen LogP contribution in [-0.2, 0) is 12.1 Å². The summed E-state index contributed by atoms with van der Waals surface area (Å²) in [5.41, 5.74) is -15.6. The quantitative estimate of drug-likeness (QED) is 0.188. The molecule has 0 radical (unpaired) electrons. The van der Waals surface area contributed by atoms with E-state index >= 15 is 0 Å². The minimum atomic E-state index is -7.12. The number of hydrogen-bond donors (Lipinski definition) is 0. The lowest BCUT2D eigenvalue weighted by Crippen LogP contribution is -2.60. The van der Waals surface area contributed by atoms with Crippen LogP contribution >= 0.6 is 62.5 Å². The van der Waals surface area contributed by atoms with Gasteiger partial charge in [0.15, 0.2) is 3.79 Å². The van der Waals surface area contributed by atoms with Crippen molar-refractivity contribution in [2.24, 2.45) is 0 Å².